The fourth-order valence-corrected chi connectivity index (χ4v) is 3.65. The first-order chi connectivity index (χ1) is 10.1. The number of rotatable bonds is 7. The highest BCUT2D eigenvalue weighted by molar-refractivity contribution is 7.88. The fourth-order valence-electron chi connectivity index (χ4n) is 2.52. The Kier molecular flexibility index (Phi) is 6.17. The molecule has 0 atom stereocenters. The van der Waals surface area contributed by atoms with E-state index in [-0.39, 0.29) is 11.9 Å². The predicted molar refractivity (Wildman–Crippen MR) is 83.3 cm³/mol. The van der Waals surface area contributed by atoms with E-state index in [0.29, 0.717) is 19.2 Å². The SMILES string of the molecule is NC1CCC(OCCNS(=O)(=O)Cc2ccccc2)CC1. The van der Waals surface area contributed by atoms with E-state index in [1.807, 2.05) is 18.2 Å². The third-order valence-electron chi connectivity index (χ3n) is 3.70. The highest BCUT2D eigenvalue weighted by Crippen LogP contribution is 2.19. The molecule has 0 saturated heterocycles. The van der Waals surface area contributed by atoms with Gasteiger partial charge < -0.3 is 10.5 Å². The summed E-state index contributed by atoms with van der Waals surface area (Å²) in [5.41, 5.74) is 6.62. The molecular formula is C15H24N2O3S. The van der Waals surface area contributed by atoms with Gasteiger partial charge in [-0.25, -0.2) is 13.1 Å². The molecule has 0 aliphatic heterocycles. The molecule has 0 amide bonds. The number of hydrogen-bond donors (Lipinski definition) is 2. The van der Waals surface area contributed by atoms with Gasteiger partial charge in [0.05, 0.1) is 18.5 Å². The fraction of sp³-hybridized carbons (Fsp3) is 0.600. The lowest BCUT2D eigenvalue weighted by Gasteiger charge is -2.26. The van der Waals surface area contributed by atoms with E-state index in [1.54, 1.807) is 12.1 Å². The molecule has 1 aliphatic rings. The van der Waals surface area contributed by atoms with Crippen LogP contribution in [-0.4, -0.2) is 33.7 Å². The maximum atomic E-state index is 11.9. The molecule has 1 saturated carbocycles. The molecule has 1 aromatic rings. The zero-order chi connectivity index (χ0) is 15.1. The van der Waals surface area contributed by atoms with Gasteiger partial charge >= 0.3 is 0 Å². The molecule has 2 rings (SSSR count). The van der Waals surface area contributed by atoms with Crippen molar-refractivity contribution in [1.29, 1.82) is 0 Å². The summed E-state index contributed by atoms with van der Waals surface area (Å²) < 4.78 is 32.1. The van der Waals surface area contributed by atoms with Crippen LogP contribution >= 0.6 is 0 Å². The molecule has 0 aromatic heterocycles. The minimum Gasteiger partial charge on any atom is -0.377 e. The van der Waals surface area contributed by atoms with Crippen LogP contribution in [0.2, 0.25) is 0 Å². The summed E-state index contributed by atoms with van der Waals surface area (Å²) in [6.07, 6.45) is 4.15. The van der Waals surface area contributed by atoms with Gasteiger partial charge in [-0.2, -0.15) is 0 Å². The van der Waals surface area contributed by atoms with Gasteiger partial charge in [-0.3, -0.25) is 0 Å². The smallest absolute Gasteiger partial charge is 0.215 e. The standard InChI is InChI=1S/C15H24N2O3S/c16-14-6-8-15(9-7-14)20-11-10-17-21(18,19)12-13-4-2-1-3-5-13/h1-5,14-15,17H,6-12,16H2. The van der Waals surface area contributed by atoms with Crippen molar-refractivity contribution in [3.05, 3.63) is 35.9 Å². The van der Waals surface area contributed by atoms with Crippen LogP contribution in [0.15, 0.2) is 30.3 Å². The number of sulfonamides is 1. The Morgan fingerprint density at radius 2 is 1.81 bits per heavy atom. The van der Waals surface area contributed by atoms with Crippen LogP contribution in [0.3, 0.4) is 0 Å². The van der Waals surface area contributed by atoms with Crippen LogP contribution in [0.1, 0.15) is 31.2 Å². The Morgan fingerprint density at radius 1 is 1.14 bits per heavy atom. The molecule has 0 radical (unpaired) electrons. The van der Waals surface area contributed by atoms with Crippen molar-refractivity contribution < 1.29 is 13.2 Å². The average molecular weight is 312 g/mol. The lowest BCUT2D eigenvalue weighted by molar-refractivity contribution is 0.0287. The minimum atomic E-state index is -3.30. The molecule has 1 aromatic carbocycles. The molecule has 1 aliphatic carbocycles. The molecule has 21 heavy (non-hydrogen) atoms. The van der Waals surface area contributed by atoms with Crippen molar-refractivity contribution in [2.45, 2.75) is 43.6 Å². The van der Waals surface area contributed by atoms with Crippen LogP contribution in [-0.2, 0) is 20.5 Å². The molecule has 0 heterocycles. The van der Waals surface area contributed by atoms with Gasteiger partial charge in [-0.1, -0.05) is 30.3 Å². The quantitative estimate of drug-likeness (QED) is 0.746. The molecule has 6 heteroatoms. The third kappa shape index (κ3) is 6.13. The van der Waals surface area contributed by atoms with Crippen molar-refractivity contribution in [3.8, 4) is 0 Å². The van der Waals surface area contributed by atoms with E-state index in [0.717, 1.165) is 31.2 Å². The Balaban J connectivity index is 1.65. The van der Waals surface area contributed by atoms with Crippen molar-refractivity contribution in [3.63, 3.8) is 0 Å². The first-order valence-corrected chi connectivity index (χ1v) is 9.09. The molecule has 1 fully saturated rings. The first-order valence-electron chi connectivity index (χ1n) is 7.43. The number of benzene rings is 1. The summed E-state index contributed by atoms with van der Waals surface area (Å²) in [6, 6.07) is 9.45. The van der Waals surface area contributed by atoms with Crippen LogP contribution in [0.5, 0.6) is 0 Å². The van der Waals surface area contributed by atoms with Gasteiger partial charge in [-0.15, -0.1) is 0 Å². The number of nitrogens with two attached hydrogens (primary N) is 1. The van der Waals surface area contributed by atoms with Crippen molar-refractivity contribution in [1.82, 2.24) is 4.72 Å². The van der Waals surface area contributed by atoms with E-state index >= 15 is 0 Å². The summed E-state index contributed by atoms with van der Waals surface area (Å²) in [7, 11) is -3.30. The monoisotopic (exact) mass is 312 g/mol. The van der Waals surface area contributed by atoms with Crippen LogP contribution in [0, 0.1) is 0 Å². The maximum Gasteiger partial charge on any atom is 0.215 e. The van der Waals surface area contributed by atoms with E-state index in [2.05, 4.69) is 4.72 Å². The number of hydrogen-bond acceptors (Lipinski definition) is 4. The number of ether oxygens (including phenoxy) is 1. The lowest BCUT2D eigenvalue weighted by atomic mass is 9.94. The molecule has 118 valence electrons. The predicted octanol–water partition coefficient (Wildman–Crippen LogP) is 1.39. The van der Waals surface area contributed by atoms with E-state index < -0.39 is 10.0 Å². The second-order valence-electron chi connectivity index (χ2n) is 5.55. The highest BCUT2D eigenvalue weighted by atomic mass is 32.2. The zero-order valence-electron chi connectivity index (χ0n) is 12.2. The van der Waals surface area contributed by atoms with Crippen molar-refractivity contribution in [2.24, 2.45) is 5.73 Å². The molecule has 3 N–H and O–H groups in total. The minimum absolute atomic E-state index is 0.00607. The summed E-state index contributed by atoms with van der Waals surface area (Å²) >= 11 is 0. The molecule has 0 bridgehead atoms. The summed E-state index contributed by atoms with van der Waals surface area (Å²) in [5.74, 6) is 0.00607. The summed E-state index contributed by atoms with van der Waals surface area (Å²) in [5, 5.41) is 0. The van der Waals surface area contributed by atoms with E-state index in [1.165, 1.54) is 0 Å². The van der Waals surface area contributed by atoms with Gasteiger partial charge in [-0.05, 0) is 31.2 Å². The molecular weight excluding hydrogens is 288 g/mol. The Bertz CT molecular complexity index is 511. The van der Waals surface area contributed by atoms with Crippen LogP contribution in [0.25, 0.3) is 0 Å². The van der Waals surface area contributed by atoms with Gasteiger partial charge in [0.2, 0.25) is 10.0 Å². The van der Waals surface area contributed by atoms with E-state index in [9.17, 15) is 8.42 Å². The van der Waals surface area contributed by atoms with E-state index in [4.69, 9.17) is 10.5 Å². The number of nitrogens with one attached hydrogen (secondary N) is 1. The normalized spacial score (nSPS) is 23.1. The van der Waals surface area contributed by atoms with Gasteiger partial charge in [0.1, 0.15) is 0 Å². The zero-order valence-corrected chi connectivity index (χ0v) is 13.0. The van der Waals surface area contributed by atoms with Gasteiger partial charge in [0.25, 0.3) is 0 Å². The third-order valence-corrected chi connectivity index (χ3v) is 5.05. The Labute approximate surface area is 126 Å². The topological polar surface area (TPSA) is 81.4 Å². The van der Waals surface area contributed by atoms with Crippen LogP contribution < -0.4 is 10.5 Å². The first kappa shape index (κ1) is 16.4. The largest absolute Gasteiger partial charge is 0.377 e. The van der Waals surface area contributed by atoms with Crippen LogP contribution in [0.4, 0.5) is 0 Å². The molecule has 0 spiro atoms. The van der Waals surface area contributed by atoms with Crippen molar-refractivity contribution in [2.75, 3.05) is 13.2 Å². The Morgan fingerprint density at radius 3 is 2.48 bits per heavy atom. The summed E-state index contributed by atoms with van der Waals surface area (Å²) in [6.45, 7) is 0.728. The van der Waals surface area contributed by atoms with Crippen molar-refractivity contribution >= 4 is 10.0 Å². The molecule has 5 nitrogen and oxygen atoms in total. The Hall–Kier alpha value is -0.950. The average Bonchev–Trinajstić information content (AvgIpc) is 2.46. The summed E-state index contributed by atoms with van der Waals surface area (Å²) in [4.78, 5) is 0. The lowest BCUT2D eigenvalue weighted by Crippen LogP contribution is -2.33. The second kappa shape index (κ2) is 7.89. The van der Waals surface area contributed by atoms with Gasteiger partial charge in [0.15, 0.2) is 0 Å². The molecule has 0 unspecified atom stereocenters. The maximum absolute atomic E-state index is 11.9. The highest BCUT2D eigenvalue weighted by Gasteiger charge is 2.19. The van der Waals surface area contributed by atoms with Gasteiger partial charge in [0, 0.05) is 12.6 Å². The second-order valence-corrected chi connectivity index (χ2v) is 7.35.